The van der Waals surface area contributed by atoms with Gasteiger partial charge in [-0.1, -0.05) is 24.3 Å². The van der Waals surface area contributed by atoms with Gasteiger partial charge in [0.2, 0.25) is 11.9 Å². The van der Waals surface area contributed by atoms with Crippen LogP contribution in [0, 0.1) is 6.92 Å². The van der Waals surface area contributed by atoms with Crippen molar-refractivity contribution in [2.75, 3.05) is 23.8 Å². The fourth-order valence-electron chi connectivity index (χ4n) is 2.99. The third kappa shape index (κ3) is 7.41. The fourth-order valence-corrected chi connectivity index (χ4v) is 2.99. The molecule has 0 radical (unpaired) electrons. The molecule has 13 heteroatoms. The molecule has 178 valence electrons. The zero-order valence-corrected chi connectivity index (χ0v) is 18.3. The Kier molecular flexibility index (Phi) is 8.29. The molecule has 0 spiro atoms. The van der Waals surface area contributed by atoms with E-state index in [1.165, 1.54) is 6.33 Å². The number of aliphatic hydroxyl groups excluding tert-OH is 1. The number of carboxylic acids is 2. The molecule has 2 aromatic heterocycles. The fraction of sp³-hybridized carbons (Fsp3) is 0.333. The molecule has 0 fully saturated rings. The highest BCUT2D eigenvalue weighted by atomic mass is 16.4. The summed E-state index contributed by atoms with van der Waals surface area (Å²) in [6.07, 6.45) is 1.69. The van der Waals surface area contributed by atoms with E-state index < -0.39 is 24.4 Å². The number of nitrogens with one attached hydrogen (secondary N) is 2. The van der Waals surface area contributed by atoms with Crippen molar-refractivity contribution in [2.24, 2.45) is 0 Å². The molecule has 0 aliphatic heterocycles. The number of aliphatic carboxylic acids is 2. The van der Waals surface area contributed by atoms with Crippen LogP contribution in [0.2, 0.25) is 0 Å². The highest BCUT2D eigenvalue weighted by Gasteiger charge is 2.22. The summed E-state index contributed by atoms with van der Waals surface area (Å²) >= 11 is 0. The second kappa shape index (κ2) is 11.6. The molecular formula is C21H24N8O5. The van der Waals surface area contributed by atoms with Crippen molar-refractivity contribution in [3.63, 3.8) is 0 Å². The van der Waals surface area contributed by atoms with Crippen LogP contribution in [0.5, 0.6) is 0 Å². The molecule has 1 atom stereocenters. The van der Waals surface area contributed by atoms with Crippen LogP contribution in [-0.4, -0.2) is 76.4 Å². The molecule has 3 rings (SSSR count). The van der Waals surface area contributed by atoms with E-state index in [0.717, 1.165) is 11.1 Å². The average Bonchev–Trinajstić information content (AvgIpc) is 2.78. The van der Waals surface area contributed by atoms with Gasteiger partial charge in [-0.05, 0) is 18.1 Å². The van der Waals surface area contributed by atoms with Gasteiger partial charge in [-0.25, -0.2) is 19.7 Å². The molecule has 0 bridgehead atoms. The van der Waals surface area contributed by atoms with Crippen molar-refractivity contribution in [1.82, 2.24) is 29.9 Å². The summed E-state index contributed by atoms with van der Waals surface area (Å²) in [6.45, 7) is 1.81. The third-order valence-corrected chi connectivity index (χ3v) is 4.55. The van der Waals surface area contributed by atoms with Crippen molar-refractivity contribution in [3.8, 4) is 0 Å². The van der Waals surface area contributed by atoms with Crippen LogP contribution in [0.15, 0.2) is 30.6 Å². The first kappa shape index (κ1) is 24.4. The van der Waals surface area contributed by atoms with Gasteiger partial charge in [0.15, 0.2) is 0 Å². The van der Waals surface area contributed by atoms with Gasteiger partial charge in [0.25, 0.3) is 0 Å². The van der Waals surface area contributed by atoms with Gasteiger partial charge >= 0.3 is 11.9 Å². The van der Waals surface area contributed by atoms with E-state index in [0.29, 0.717) is 30.3 Å². The van der Waals surface area contributed by atoms with Crippen molar-refractivity contribution < 1.29 is 24.9 Å². The predicted molar refractivity (Wildman–Crippen MR) is 119 cm³/mol. The maximum absolute atomic E-state index is 11.4. The lowest BCUT2D eigenvalue weighted by Gasteiger charge is -2.14. The van der Waals surface area contributed by atoms with Gasteiger partial charge in [-0.15, -0.1) is 0 Å². The number of rotatable bonds is 12. The number of aliphatic hydroxyl groups is 1. The lowest BCUT2D eigenvalue weighted by atomic mass is 10.1. The van der Waals surface area contributed by atoms with E-state index in [1.807, 2.05) is 24.3 Å². The number of anilines is 2. The van der Waals surface area contributed by atoms with Crippen LogP contribution in [0.4, 0.5) is 11.9 Å². The molecule has 3 aromatic rings. The number of aromatic nitrogens is 6. The quantitative estimate of drug-likeness (QED) is 0.243. The molecule has 0 aliphatic carbocycles. The smallest absolute Gasteiger partial charge is 0.326 e. The second-order valence-electron chi connectivity index (χ2n) is 7.30. The maximum Gasteiger partial charge on any atom is 0.326 e. The number of hydrogen-bond donors (Lipinski definition) is 5. The summed E-state index contributed by atoms with van der Waals surface area (Å²) in [5.41, 5.74) is 1.90. The minimum atomic E-state index is -1.42. The number of nitrogens with zero attached hydrogens (tertiary/aromatic N) is 6. The first-order chi connectivity index (χ1) is 16.3. The zero-order valence-electron chi connectivity index (χ0n) is 18.3. The number of aryl methyl sites for hydroxylation is 1. The Labute approximate surface area is 194 Å². The van der Waals surface area contributed by atoms with E-state index in [9.17, 15) is 14.7 Å². The van der Waals surface area contributed by atoms with Gasteiger partial charge in [-0.3, -0.25) is 4.79 Å². The normalized spacial score (nSPS) is 11.6. The molecule has 1 unspecified atom stereocenters. The highest BCUT2D eigenvalue weighted by molar-refractivity contribution is 5.82. The standard InChI is InChI=1S/C21H24N8O5/c1-12-23-11-24-16(25-12)8-13-2-4-14(5-3-13)9-17-27-20(22-6-7-30)29-21(28-17)26-15(19(33)34)10-18(31)32/h2-5,11,15,30H,6-10H2,1H3,(H,31,32)(H,33,34)(H2,22,26,27,28,29). The van der Waals surface area contributed by atoms with Crippen LogP contribution in [-0.2, 0) is 22.4 Å². The topological polar surface area (TPSA) is 196 Å². The lowest BCUT2D eigenvalue weighted by molar-refractivity contribution is -0.144. The van der Waals surface area contributed by atoms with Crippen LogP contribution >= 0.6 is 0 Å². The van der Waals surface area contributed by atoms with Gasteiger partial charge in [-0.2, -0.15) is 15.0 Å². The van der Waals surface area contributed by atoms with Gasteiger partial charge in [0.05, 0.1) is 13.0 Å². The Morgan fingerprint density at radius 3 is 2.15 bits per heavy atom. The SMILES string of the molecule is Cc1ncnc(Cc2ccc(Cc3nc(NCCO)nc(NC(CC(=O)O)C(=O)O)n3)cc2)n1. The molecule has 13 nitrogen and oxygen atoms in total. The Bertz CT molecular complexity index is 1140. The Morgan fingerprint density at radius 2 is 1.56 bits per heavy atom. The van der Waals surface area contributed by atoms with Gasteiger partial charge in [0.1, 0.15) is 29.8 Å². The monoisotopic (exact) mass is 468 g/mol. The van der Waals surface area contributed by atoms with Crippen molar-refractivity contribution in [2.45, 2.75) is 32.2 Å². The maximum atomic E-state index is 11.4. The van der Waals surface area contributed by atoms with Crippen LogP contribution in [0.25, 0.3) is 0 Å². The minimum absolute atomic E-state index is 0.0825. The summed E-state index contributed by atoms with van der Waals surface area (Å²) < 4.78 is 0. The van der Waals surface area contributed by atoms with Crippen LogP contribution < -0.4 is 10.6 Å². The van der Waals surface area contributed by atoms with E-state index >= 15 is 0 Å². The lowest BCUT2D eigenvalue weighted by Crippen LogP contribution is -2.32. The first-order valence-electron chi connectivity index (χ1n) is 10.4. The molecule has 1 aromatic carbocycles. The van der Waals surface area contributed by atoms with Gasteiger partial charge in [0, 0.05) is 19.4 Å². The minimum Gasteiger partial charge on any atom is -0.481 e. The van der Waals surface area contributed by atoms with Crippen molar-refractivity contribution >= 4 is 23.8 Å². The van der Waals surface area contributed by atoms with Crippen molar-refractivity contribution in [1.29, 1.82) is 0 Å². The van der Waals surface area contributed by atoms with Gasteiger partial charge < -0.3 is 26.0 Å². The molecule has 5 N–H and O–H groups in total. The molecular weight excluding hydrogens is 444 g/mol. The number of carbonyl (C=O) groups is 2. The molecule has 0 amide bonds. The second-order valence-corrected chi connectivity index (χ2v) is 7.30. The van der Waals surface area contributed by atoms with Crippen molar-refractivity contribution in [3.05, 3.63) is 59.2 Å². The predicted octanol–water partition coefficient (Wildman–Crippen LogP) is 0.291. The van der Waals surface area contributed by atoms with Crippen LogP contribution in [0.1, 0.15) is 35.0 Å². The molecule has 0 saturated carbocycles. The van der Waals surface area contributed by atoms with E-state index in [-0.39, 0.29) is 25.0 Å². The largest absolute Gasteiger partial charge is 0.481 e. The molecule has 34 heavy (non-hydrogen) atoms. The number of benzene rings is 1. The molecule has 0 saturated heterocycles. The highest BCUT2D eigenvalue weighted by Crippen LogP contribution is 2.14. The van der Waals surface area contributed by atoms with Crippen LogP contribution in [0.3, 0.4) is 0 Å². The zero-order chi connectivity index (χ0) is 24.5. The number of carboxylic acid groups (broad SMARTS) is 2. The Morgan fingerprint density at radius 1 is 0.912 bits per heavy atom. The molecule has 0 aliphatic rings. The summed E-state index contributed by atoms with van der Waals surface area (Å²) in [5.74, 6) is -0.928. The summed E-state index contributed by atoms with van der Waals surface area (Å²) in [4.78, 5) is 47.4. The van der Waals surface area contributed by atoms with E-state index in [2.05, 4.69) is 40.5 Å². The third-order valence-electron chi connectivity index (χ3n) is 4.55. The summed E-state index contributed by atoms with van der Waals surface area (Å²) in [7, 11) is 0. The summed E-state index contributed by atoms with van der Waals surface area (Å²) in [5, 5.41) is 32.6. The Hall–Kier alpha value is -4.26. The van der Waals surface area contributed by atoms with E-state index in [4.69, 9.17) is 10.2 Å². The van der Waals surface area contributed by atoms with E-state index in [1.54, 1.807) is 6.92 Å². The first-order valence-corrected chi connectivity index (χ1v) is 10.4. The Balaban J connectivity index is 1.77. The average molecular weight is 468 g/mol. The number of hydrogen-bond acceptors (Lipinski definition) is 11. The summed E-state index contributed by atoms with van der Waals surface area (Å²) in [6, 6.07) is 6.27. The molecule has 2 heterocycles.